The average molecular weight is 351 g/mol. The van der Waals surface area contributed by atoms with E-state index in [1.165, 1.54) is 11.8 Å². The van der Waals surface area contributed by atoms with Crippen LogP contribution in [0.4, 0.5) is 0 Å². The molecule has 1 saturated heterocycles. The minimum atomic E-state index is -3.16. The van der Waals surface area contributed by atoms with E-state index in [-0.39, 0.29) is 11.5 Å². The Hall–Kier alpha value is -1.38. The molecule has 1 aliphatic carbocycles. The lowest BCUT2D eigenvalue weighted by Gasteiger charge is -2.08. The Morgan fingerprint density at radius 2 is 1.91 bits per heavy atom. The lowest BCUT2D eigenvalue weighted by Crippen LogP contribution is -2.20. The fourth-order valence-electron chi connectivity index (χ4n) is 2.76. The van der Waals surface area contributed by atoms with Crippen LogP contribution in [0.15, 0.2) is 35.5 Å². The van der Waals surface area contributed by atoms with Crippen LogP contribution < -0.4 is 0 Å². The highest BCUT2D eigenvalue weighted by Gasteiger charge is 2.38. The van der Waals surface area contributed by atoms with Crippen LogP contribution in [0.5, 0.6) is 0 Å². The van der Waals surface area contributed by atoms with E-state index in [0.717, 1.165) is 24.4 Å². The van der Waals surface area contributed by atoms with Gasteiger partial charge in [0, 0.05) is 5.92 Å². The summed E-state index contributed by atoms with van der Waals surface area (Å²) in [5.41, 5.74) is 0.952. The van der Waals surface area contributed by atoms with Crippen LogP contribution >= 0.6 is 11.8 Å². The van der Waals surface area contributed by atoms with Gasteiger partial charge < -0.3 is 5.11 Å². The molecule has 0 bridgehead atoms. The van der Waals surface area contributed by atoms with Crippen molar-refractivity contribution in [3.05, 3.63) is 36.2 Å². The molecule has 2 heterocycles. The van der Waals surface area contributed by atoms with Gasteiger partial charge in [-0.25, -0.2) is 18.1 Å². The Kier molecular flexibility index (Phi) is 3.70. The predicted octanol–water partition coefficient (Wildman–Crippen LogP) is 1.39. The summed E-state index contributed by atoms with van der Waals surface area (Å²) < 4.78 is 25.1. The molecule has 1 aromatic heterocycles. The van der Waals surface area contributed by atoms with Crippen LogP contribution in [0, 0.1) is 0 Å². The quantitative estimate of drug-likeness (QED) is 0.896. The van der Waals surface area contributed by atoms with Gasteiger partial charge in [-0.15, -0.1) is 5.10 Å². The van der Waals surface area contributed by atoms with Gasteiger partial charge in [-0.2, -0.15) is 0 Å². The van der Waals surface area contributed by atoms with E-state index < -0.39 is 21.2 Å². The summed E-state index contributed by atoms with van der Waals surface area (Å²) in [6.07, 6.45) is 1.37. The van der Waals surface area contributed by atoms with Crippen LogP contribution in [-0.4, -0.2) is 51.1 Å². The third-order valence-corrected chi connectivity index (χ3v) is 7.18. The topological polar surface area (TPSA) is 85.1 Å². The number of sulfone groups is 1. The van der Waals surface area contributed by atoms with Gasteiger partial charge in [0.25, 0.3) is 0 Å². The van der Waals surface area contributed by atoms with E-state index in [9.17, 15) is 13.5 Å². The standard InChI is InChI=1S/C15H17N3O3S2/c19-12-8-23(20,21)9-13(12)22-15-16-14(10-6-7-10)18(17-15)11-4-2-1-3-5-11/h1-5,10,12-13,19H,6-9H2/t12-,13-/m0/s1. The number of aromatic nitrogens is 3. The van der Waals surface area contributed by atoms with E-state index in [1.54, 1.807) is 0 Å². The third kappa shape index (κ3) is 3.15. The largest absolute Gasteiger partial charge is 0.391 e. The summed E-state index contributed by atoms with van der Waals surface area (Å²) in [4.78, 5) is 4.60. The van der Waals surface area contributed by atoms with Gasteiger partial charge >= 0.3 is 0 Å². The van der Waals surface area contributed by atoms with Gasteiger partial charge in [-0.1, -0.05) is 30.0 Å². The van der Waals surface area contributed by atoms with Crippen LogP contribution in [0.2, 0.25) is 0 Å². The van der Waals surface area contributed by atoms with Gasteiger partial charge in [0.2, 0.25) is 5.16 Å². The van der Waals surface area contributed by atoms with E-state index in [2.05, 4.69) is 10.1 Å². The first-order chi connectivity index (χ1) is 11.0. The second-order valence-corrected chi connectivity index (χ2v) is 9.43. The molecule has 1 aliphatic heterocycles. The molecule has 2 aromatic rings. The van der Waals surface area contributed by atoms with Crippen molar-refractivity contribution in [3.8, 4) is 5.69 Å². The van der Waals surface area contributed by atoms with E-state index in [0.29, 0.717) is 11.1 Å². The average Bonchev–Trinajstić information content (AvgIpc) is 3.21. The lowest BCUT2D eigenvalue weighted by molar-refractivity contribution is 0.207. The lowest BCUT2D eigenvalue weighted by atomic mass is 10.3. The first-order valence-electron chi connectivity index (χ1n) is 7.59. The van der Waals surface area contributed by atoms with Crippen molar-refractivity contribution in [2.75, 3.05) is 11.5 Å². The molecule has 1 saturated carbocycles. The Bertz CT molecular complexity index is 816. The minimum absolute atomic E-state index is 0.0164. The van der Waals surface area contributed by atoms with E-state index in [1.807, 2.05) is 35.0 Å². The number of nitrogens with zero attached hydrogens (tertiary/aromatic N) is 3. The minimum Gasteiger partial charge on any atom is -0.391 e. The number of thioether (sulfide) groups is 1. The Morgan fingerprint density at radius 3 is 2.52 bits per heavy atom. The van der Waals surface area contributed by atoms with Crippen LogP contribution in [0.25, 0.3) is 5.69 Å². The van der Waals surface area contributed by atoms with Crippen molar-refractivity contribution in [2.45, 2.75) is 35.3 Å². The van der Waals surface area contributed by atoms with Crippen LogP contribution in [-0.2, 0) is 9.84 Å². The molecule has 2 atom stereocenters. The summed E-state index contributed by atoms with van der Waals surface area (Å²) >= 11 is 1.26. The smallest absolute Gasteiger partial charge is 0.209 e. The van der Waals surface area contributed by atoms with Crippen molar-refractivity contribution in [3.63, 3.8) is 0 Å². The maximum absolute atomic E-state index is 11.6. The predicted molar refractivity (Wildman–Crippen MR) is 87.6 cm³/mol. The molecule has 1 aromatic carbocycles. The second kappa shape index (κ2) is 5.61. The SMILES string of the molecule is O=S1(=O)C[C@H](Sc2nc(C3CC3)n(-c3ccccc3)n2)[C@@H](O)C1. The second-order valence-electron chi connectivity index (χ2n) is 6.07. The molecule has 6 nitrogen and oxygen atoms in total. The van der Waals surface area contributed by atoms with Gasteiger partial charge in [0.1, 0.15) is 5.82 Å². The van der Waals surface area contributed by atoms with Gasteiger partial charge in [0.05, 0.1) is 28.5 Å². The summed E-state index contributed by atoms with van der Waals surface area (Å²) in [6.45, 7) is 0. The Balaban J connectivity index is 1.63. The monoisotopic (exact) mass is 351 g/mol. The molecule has 8 heteroatoms. The molecule has 2 fully saturated rings. The zero-order chi connectivity index (χ0) is 16.0. The van der Waals surface area contributed by atoms with E-state index in [4.69, 9.17) is 0 Å². The highest BCUT2D eigenvalue weighted by atomic mass is 32.2. The fraction of sp³-hybridized carbons (Fsp3) is 0.467. The number of para-hydroxylation sites is 1. The molecule has 1 N–H and O–H groups in total. The van der Waals surface area contributed by atoms with E-state index >= 15 is 0 Å². The van der Waals surface area contributed by atoms with Crippen molar-refractivity contribution >= 4 is 21.6 Å². The zero-order valence-electron chi connectivity index (χ0n) is 12.4. The van der Waals surface area contributed by atoms with Gasteiger partial charge in [-0.3, -0.25) is 0 Å². The molecule has 4 rings (SSSR count). The number of benzene rings is 1. The first kappa shape index (κ1) is 15.2. The normalized spacial score (nSPS) is 26.5. The molecule has 0 radical (unpaired) electrons. The maximum Gasteiger partial charge on any atom is 0.209 e. The molecule has 0 spiro atoms. The molecular weight excluding hydrogens is 334 g/mol. The van der Waals surface area contributed by atoms with Crippen molar-refractivity contribution < 1.29 is 13.5 Å². The summed E-state index contributed by atoms with van der Waals surface area (Å²) in [6, 6.07) is 9.81. The Morgan fingerprint density at radius 1 is 1.17 bits per heavy atom. The molecule has 122 valence electrons. The Labute approximate surface area is 138 Å². The van der Waals surface area contributed by atoms with Crippen LogP contribution in [0.1, 0.15) is 24.6 Å². The third-order valence-electron chi connectivity index (χ3n) is 4.08. The number of hydrogen-bond donors (Lipinski definition) is 1. The number of rotatable bonds is 4. The molecule has 2 aliphatic rings. The molecule has 0 unspecified atom stereocenters. The van der Waals surface area contributed by atoms with Crippen molar-refractivity contribution in [1.82, 2.24) is 14.8 Å². The highest BCUT2D eigenvalue weighted by molar-refractivity contribution is 8.01. The van der Waals surface area contributed by atoms with Crippen LogP contribution in [0.3, 0.4) is 0 Å². The summed E-state index contributed by atoms with van der Waals surface area (Å²) in [5.74, 6) is 1.17. The van der Waals surface area contributed by atoms with Gasteiger partial charge in [0.15, 0.2) is 9.84 Å². The van der Waals surface area contributed by atoms with Crippen molar-refractivity contribution in [1.29, 1.82) is 0 Å². The van der Waals surface area contributed by atoms with Crippen molar-refractivity contribution in [2.24, 2.45) is 0 Å². The first-order valence-corrected chi connectivity index (χ1v) is 10.3. The maximum atomic E-state index is 11.6. The van der Waals surface area contributed by atoms with Gasteiger partial charge in [-0.05, 0) is 25.0 Å². The molecular formula is C15H17N3O3S2. The number of aliphatic hydroxyl groups excluding tert-OH is 1. The zero-order valence-corrected chi connectivity index (χ0v) is 14.0. The fourth-order valence-corrected chi connectivity index (χ4v) is 6.19. The summed E-state index contributed by atoms with van der Waals surface area (Å²) in [7, 11) is -3.16. The number of hydrogen-bond acceptors (Lipinski definition) is 6. The summed E-state index contributed by atoms with van der Waals surface area (Å²) in [5, 5.41) is 14.6. The molecule has 0 amide bonds. The number of aliphatic hydroxyl groups is 1. The highest BCUT2D eigenvalue weighted by Crippen LogP contribution is 2.41. The molecule has 23 heavy (non-hydrogen) atoms.